The summed E-state index contributed by atoms with van der Waals surface area (Å²) in [5.74, 6) is -1.26. The van der Waals surface area contributed by atoms with Crippen molar-refractivity contribution in [3.05, 3.63) is 35.1 Å². The number of hydrogen-bond donors (Lipinski definition) is 2. The van der Waals surface area contributed by atoms with Gasteiger partial charge in [0.2, 0.25) is 0 Å². The fraction of sp³-hybridized carbons (Fsp3) is 0.333. The zero-order valence-corrected chi connectivity index (χ0v) is 9.24. The second-order valence-corrected chi connectivity index (χ2v) is 3.59. The van der Waals surface area contributed by atoms with Gasteiger partial charge in [-0.1, -0.05) is 6.07 Å². The molecule has 0 aromatic heterocycles. The highest BCUT2D eigenvalue weighted by Crippen LogP contribution is 2.09. The maximum Gasteiger partial charge on any atom is 0.303 e. The molecule has 0 saturated heterocycles. The summed E-state index contributed by atoms with van der Waals surface area (Å²) in [7, 11) is 0. The van der Waals surface area contributed by atoms with Crippen LogP contribution >= 0.6 is 0 Å². The van der Waals surface area contributed by atoms with E-state index in [2.05, 4.69) is 5.32 Å². The van der Waals surface area contributed by atoms with Crippen LogP contribution in [0.2, 0.25) is 0 Å². The van der Waals surface area contributed by atoms with Crippen LogP contribution in [0, 0.1) is 17.1 Å². The zero-order valence-electron chi connectivity index (χ0n) is 9.24. The van der Waals surface area contributed by atoms with Crippen LogP contribution < -0.4 is 5.32 Å². The minimum Gasteiger partial charge on any atom is -0.481 e. The first kappa shape index (κ1) is 13.1. The third-order valence-corrected chi connectivity index (χ3v) is 2.24. The van der Waals surface area contributed by atoms with E-state index in [1.807, 2.05) is 6.07 Å². The van der Waals surface area contributed by atoms with Crippen molar-refractivity contribution < 1.29 is 14.3 Å². The molecule has 0 heterocycles. The maximum atomic E-state index is 13.4. The van der Waals surface area contributed by atoms with Crippen molar-refractivity contribution in [2.45, 2.75) is 19.4 Å². The molecule has 0 saturated carbocycles. The molecule has 17 heavy (non-hydrogen) atoms. The van der Waals surface area contributed by atoms with Gasteiger partial charge in [0.1, 0.15) is 5.82 Å². The van der Waals surface area contributed by atoms with Gasteiger partial charge in [-0.05, 0) is 25.1 Å². The monoisotopic (exact) mass is 236 g/mol. The third-order valence-electron chi connectivity index (χ3n) is 2.24. The first-order valence-electron chi connectivity index (χ1n) is 5.24. The number of nitrogens with zero attached hydrogens (tertiary/aromatic N) is 1. The standard InChI is InChI=1S/C12H13FN2O2/c13-11-6-9(7-14)3-4-10(11)8-15-5-1-2-12(16)17/h3-4,6,15H,1-2,5,8H2,(H,16,17). The Bertz CT molecular complexity index is 441. The molecule has 0 bridgehead atoms. The van der Waals surface area contributed by atoms with E-state index in [1.54, 1.807) is 12.1 Å². The lowest BCUT2D eigenvalue weighted by Gasteiger charge is -2.05. The van der Waals surface area contributed by atoms with Gasteiger partial charge in [-0.2, -0.15) is 5.26 Å². The predicted octanol–water partition coefficient (Wildman–Crippen LogP) is 1.65. The van der Waals surface area contributed by atoms with Crippen LogP contribution in [0.25, 0.3) is 0 Å². The van der Waals surface area contributed by atoms with Gasteiger partial charge in [0, 0.05) is 18.5 Å². The number of carbonyl (C=O) groups is 1. The van der Waals surface area contributed by atoms with E-state index in [1.165, 1.54) is 6.07 Å². The second kappa shape index (κ2) is 6.61. The Morgan fingerprint density at radius 1 is 1.53 bits per heavy atom. The molecule has 1 rings (SSSR count). The molecular formula is C12H13FN2O2. The number of hydrogen-bond acceptors (Lipinski definition) is 3. The first-order valence-corrected chi connectivity index (χ1v) is 5.24. The fourth-order valence-corrected chi connectivity index (χ4v) is 1.35. The van der Waals surface area contributed by atoms with Gasteiger partial charge in [-0.25, -0.2) is 4.39 Å². The third kappa shape index (κ3) is 4.62. The minimum absolute atomic E-state index is 0.100. The highest BCUT2D eigenvalue weighted by molar-refractivity contribution is 5.66. The molecule has 1 aromatic rings. The highest BCUT2D eigenvalue weighted by atomic mass is 19.1. The van der Waals surface area contributed by atoms with E-state index in [-0.39, 0.29) is 12.0 Å². The summed E-state index contributed by atoms with van der Waals surface area (Å²) >= 11 is 0. The van der Waals surface area contributed by atoms with Crippen LogP contribution in [-0.4, -0.2) is 17.6 Å². The first-order chi connectivity index (χ1) is 8.13. The van der Waals surface area contributed by atoms with E-state index < -0.39 is 11.8 Å². The number of nitriles is 1. The summed E-state index contributed by atoms with van der Waals surface area (Å²) in [5.41, 5.74) is 0.761. The molecule has 0 fully saturated rings. The van der Waals surface area contributed by atoms with Crippen molar-refractivity contribution in [1.29, 1.82) is 5.26 Å². The summed E-state index contributed by atoms with van der Waals surface area (Å²) in [6.45, 7) is 0.850. The van der Waals surface area contributed by atoms with Crippen molar-refractivity contribution in [1.82, 2.24) is 5.32 Å². The van der Waals surface area contributed by atoms with Gasteiger partial charge >= 0.3 is 5.97 Å². The smallest absolute Gasteiger partial charge is 0.303 e. The quantitative estimate of drug-likeness (QED) is 0.736. The van der Waals surface area contributed by atoms with E-state index in [0.29, 0.717) is 25.1 Å². The van der Waals surface area contributed by atoms with E-state index in [4.69, 9.17) is 10.4 Å². The van der Waals surface area contributed by atoms with E-state index in [9.17, 15) is 9.18 Å². The topological polar surface area (TPSA) is 73.1 Å². The van der Waals surface area contributed by atoms with Crippen molar-refractivity contribution in [2.75, 3.05) is 6.54 Å². The lowest BCUT2D eigenvalue weighted by atomic mass is 10.1. The van der Waals surface area contributed by atoms with Crippen LogP contribution in [-0.2, 0) is 11.3 Å². The van der Waals surface area contributed by atoms with Gasteiger partial charge in [-0.3, -0.25) is 4.79 Å². The molecule has 5 heteroatoms. The van der Waals surface area contributed by atoms with Crippen molar-refractivity contribution in [3.8, 4) is 6.07 Å². The molecule has 1 aromatic carbocycles. The average molecular weight is 236 g/mol. The summed E-state index contributed by atoms with van der Waals surface area (Å²) in [6.07, 6.45) is 0.607. The Morgan fingerprint density at radius 2 is 2.29 bits per heavy atom. The molecule has 0 unspecified atom stereocenters. The maximum absolute atomic E-state index is 13.4. The largest absolute Gasteiger partial charge is 0.481 e. The van der Waals surface area contributed by atoms with Crippen LogP contribution in [0.5, 0.6) is 0 Å². The average Bonchev–Trinajstić information content (AvgIpc) is 2.30. The van der Waals surface area contributed by atoms with Crippen LogP contribution in [0.1, 0.15) is 24.0 Å². The molecule has 90 valence electrons. The van der Waals surface area contributed by atoms with Crippen LogP contribution in [0.3, 0.4) is 0 Å². The Labute approximate surface area is 98.7 Å². The number of halogens is 1. The van der Waals surface area contributed by atoms with Crippen molar-refractivity contribution >= 4 is 5.97 Å². The zero-order chi connectivity index (χ0) is 12.7. The number of rotatable bonds is 6. The fourth-order valence-electron chi connectivity index (χ4n) is 1.35. The molecule has 0 radical (unpaired) electrons. The molecule has 0 aliphatic heterocycles. The van der Waals surface area contributed by atoms with Gasteiger partial charge in [0.25, 0.3) is 0 Å². The van der Waals surface area contributed by atoms with Gasteiger partial charge < -0.3 is 10.4 Å². The summed E-state index contributed by atoms with van der Waals surface area (Å²) in [4.78, 5) is 10.2. The number of aliphatic carboxylic acids is 1. The Balaban J connectivity index is 2.37. The summed E-state index contributed by atoms with van der Waals surface area (Å²) in [6, 6.07) is 6.15. The summed E-state index contributed by atoms with van der Waals surface area (Å²) in [5, 5.41) is 19.9. The number of carboxylic acids is 1. The van der Waals surface area contributed by atoms with Gasteiger partial charge in [0.15, 0.2) is 0 Å². The van der Waals surface area contributed by atoms with Gasteiger partial charge in [-0.15, -0.1) is 0 Å². The van der Waals surface area contributed by atoms with Crippen molar-refractivity contribution in [3.63, 3.8) is 0 Å². The highest BCUT2D eigenvalue weighted by Gasteiger charge is 2.03. The summed E-state index contributed by atoms with van der Waals surface area (Å²) < 4.78 is 13.4. The van der Waals surface area contributed by atoms with E-state index in [0.717, 1.165) is 0 Å². The lowest BCUT2D eigenvalue weighted by Crippen LogP contribution is -2.16. The molecule has 2 N–H and O–H groups in total. The number of carboxylic acid groups (broad SMARTS) is 1. The second-order valence-electron chi connectivity index (χ2n) is 3.59. The number of nitrogens with one attached hydrogen (secondary N) is 1. The van der Waals surface area contributed by atoms with Crippen LogP contribution in [0.4, 0.5) is 4.39 Å². The molecule has 0 aliphatic carbocycles. The Kier molecular flexibility index (Phi) is 5.11. The molecule has 0 amide bonds. The molecule has 4 nitrogen and oxygen atoms in total. The normalized spacial score (nSPS) is 9.88. The SMILES string of the molecule is N#Cc1ccc(CNCCCC(=O)O)c(F)c1. The van der Waals surface area contributed by atoms with Crippen molar-refractivity contribution in [2.24, 2.45) is 0 Å². The lowest BCUT2D eigenvalue weighted by molar-refractivity contribution is -0.137. The van der Waals surface area contributed by atoms with Gasteiger partial charge in [0.05, 0.1) is 11.6 Å². The number of benzene rings is 1. The van der Waals surface area contributed by atoms with Crippen LogP contribution in [0.15, 0.2) is 18.2 Å². The Morgan fingerprint density at radius 3 is 2.88 bits per heavy atom. The Hall–Kier alpha value is -1.93. The molecule has 0 aliphatic rings. The minimum atomic E-state index is -0.837. The molecule has 0 atom stereocenters. The molecule has 0 spiro atoms. The van der Waals surface area contributed by atoms with E-state index >= 15 is 0 Å². The molecular weight excluding hydrogens is 223 g/mol. The predicted molar refractivity (Wildman–Crippen MR) is 59.7 cm³/mol.